The van der Waals surface area contributed by atoms with Crippen molar-refractivity contribution in [1.29, 1.82) is 0 Å². The molecule has 5 atom stereocenters. The Morgan fingerprint density at radius 3 is 2.62 bits per heavy atom. The van der Waals surface area contributed by atoms with Gasteiger partial charge >= 0.3 is 11.9 Å². The van der Waals surface area contributed by atoms with Gasteiger partial charge in [-0.15, -0.1) is 0 Å². The first-order valence-electron chi connectivity index (χ1n) is 7.41. The molecule has 0 amide bonds. The van der Waals surface area contributed by atoms with Gasteiger partial charge in [-0.3, -0.25) is 14.5 Å². The van der Waals surface area contributed by atoms with Gasteiger partial charge < -0.3 is 19.7 Å². The van der Waals surface area contributed by atoms with E-state index in [1.807, 2.05) is 11.8 Å². The minimum absolute atomic E-state index is 0.248. The van der Waals surface area contributed by atoms with Crippen molar-refractivity contribution in [3.05, 3.63) is 0 Å². The molecule has 0 aromatic rings. The molecule has 5 unspecified atom stereocenters. The second-order valence-electron chi connectivity index (χ2n) is 5.68. The van der Waals surface area contributed by atoms with Crippen molar-refractivity contribution in [3.63, 3.8) is 0 Å². The number of carbonyl (C=O) groups is 2. The van der Waals surface area contributed by atoms with Gasteiger partial charge in [0.2, 0.25) is 0 Å². The summed E-state index contributed by atoms with van der Waals surface area (Å²) in [5.41, 5.74) is 0. The van der Waals surface area contributed by atoms with Crippen LogP contribution in [0, 0.1) is 0 Å². The number of nitrogens with zero attached hydrogens (tertiary/aromatic N) is 1. The van der Waals surface area contributed by atoms with Crippen LogP contribution in [0.1, 0.15) is 33.1 Å². The van der Waals surface area contributed by atoms with Gasteiger partial charge in [0.15, 0.2) is 6.10 Å². The third kappa shape index (κ3) is 3.53. The fourth-order valence-corrected chi connectivity index (χ4v) is 3.17. The zero-order valence-corrected chi connectivity index (χ0v) is 12.4. The fraction of sp³-hybridized carbons (Fsp3) is 0.857. The lowest BCUT2D eigenvalue weighted by atomic mass is 9.92. The molecule has 0 bridgehead atoms. The van der Waals surface area contributed by atoms with Crippen molar-refractivity contribution in [2.24, 2.45) is 0 Å². The summed E-state index contributed by atoms with van der Waals surface area (Å²) >= 11 is 0. The number of hydrogen-bond donors (Lipinski definition) is 2. The summed E-state index contributed by atoms with van der Waals surface area (Å²) in [6, 6.07) is -0.434. The lowest BCUT2D eigenvalue weighted by molar-refractivity contribution is -0.187. The number of aliphatic hydroxyl groups is 2. The molecule has 2 N–H and O–H groups in total. The van der Waals surface area contributed by atoms with E-state index >= 15 is 0 Å². The van der Waals surface area contributed by atoms with Crippen LogP contribution in [0.4, 0.5) is 0 Å². The van der Waals surface area contributed by atoms with Crippen molar-refractivity contribution in [1.82, 2.24) is 4.90 Å². The number of ether oxygens (including phenoxy) is 2. The Bertz CT molecular complexity index is 401. The number of esters is 2. The highest BCUT2D eigenvalue weighted by molar-refractivity contribution is 5.69. The highest BCUT2D eigenvalue weighted by Crippen LogP contribution is 2.31. The fourth-order valence-electron chi connectivity index (χ4n) is 3.17. The van der Waals surface area contributed by atoms with E-state index in [9.17, 15) is 19.8 Å². The Morgan fingerprint density at radius 1 is 1.29 bits per heavy atom. The van der Waals surface area contributed by atoms with Gasteiger partial charge in [-0.05, 0) is 12.8 Å². The predicted molar refractivity (Wildman–Crippen MR) is 72.3 cm³/mol. The average Bonchev–Trinajstić information content (AvgIpc) is 2.77. The molecule has 2 heterocycles. The molecule has 2 saturated heterocycles. The summed E-state index contributed by atoms with van der Waals surface area (Å²) in [6.07, 6.45) is -1.92. The van der Waals surface area contributed by atoms with Gasteiger partial charge in [0, 0.05) is 26.4 Å². The summed E-state index contributed by atoms with van der Waals surface area (Å²) in [5.74, 6) is -0.837. The zero-order valence-electron chi connectivity index (χ0n) is 12.4. The predicted octanol–water partition coefficient (Wildman–Crippen LogP) is -0.560. The Morgan fingerprint density at radius 2 is 2.00 bits per heavy atom. The average molecular weight is 301 g/mol. The van der Waals surface area contributed by atoms with Gasteiger partial charge in [-0.25, -0.2) is 0 Å². The summed E-state index contributed by atoms with van der Waals surface area (Å²) in [7, 11) is 0. The first-order chi connectivity index (χ1) is 9.93. The summed E-state index contributed by atoms with van der Waals surface area (Å²) in [4.78, 5) is 24.6. The van der Waals surface area contributed by atoms with E-state index in [2.05, 4.69) is 0 Å². The molecule has 2 aliphatic rings. The molecule has 0 spiro atoms. The van der Waals surface area contributed by atoms with Crippen LogP contribution in [0.15, 0.2) is 0 Å². The van der Waals surface area contributed by atoms with Gasteiger partial charge in [0.1, 0.15) is 18.3 Å². The maximum Gasteiger partial charge on any atom is 0.306 e. The van der Waals surface area contributed by atoms with Crippen molar-refractivity contribution in [3.8, 4) is 0 Å². The number of fused-ring (bicyclic) bond motifs is 1. The Balaban J connectivity index is 2.07. The SMILES string of the molecule is CCCC(=O)OC1C(O)CN2CCC(OC(C)=O)C2C1O. The molecule has 0 saturated carbocycles. The molecule has 0 aromatic carbocycles. The Hall–Kier alpha value is -1.18. The second-order valence-corrected chi connectivity index (χ2v) is 5.68. The van der Waals surface area contributed by atoms with Gasteiger partial charge in [0.25, 0.3) is 0 Å². The van der Waals surface area contributed by atoms with Crippen LogP contribution in [-0.4, -0.2) is 70.6 Å². The van der Waals surface area contributed by atoms with E-state index in [4.69, 9.17) is 9.47 Å². The van der Waals surface area contributed by atoms with Crippen LogP contribution >= 0.6 is 0 Å². The van der Waals surface area contributed by atoms with Crippen LogP contribution in [0.3, 0.4) is 0 Å². The summed E-state index contributed by atoms with van der Waals surface area (Å²) in [6.45, 7) is 4.10. The molecule has 0 aliphatic carbocycles. The largest absolute Gasteiger partial charge is 0.461 e. The number of piperidine rings is 1. The van der Waals surface area contributed by atoms with E-state index in [1.54, 1.807) is 0 Å². The standard InChI is InChI=1S/C14H23NO6/c1-3-4-11(18)21-14-9(17)7-15-6-5-10(20-8(2)16)12(15)13(14)19/h9-10,12-14,17,19H,3-7H2,1-2H3. The maximum absolute atomic E-state index is 11.6. The van der Waals surface area contributed by atoms with Crippen LogP contribution in [-0.2, 0) is 19.1 Å². The van der Waals surface area contributed by atoms with E-state index in [0.717, 1.165) is 0 Å². The van der Waals surface area contributed by atoms with Crippen LogP contribution in [0.25, 0.3) is 0 Å². The first kappa shape index (κ1) is 16.2. The lowest BCUT2D eigenvalue weighted by Crippen LogP contribution is -2.62. The van der Waals surface area contributed by atoms with Crippen molar-refractivity contribution in [2.45, 2.75) is 63.6 Å². The van der Waals surface area contributed by atoms with E-state index in [-0.39, 0.29) is 6.42 Å². The lowest BCUT2D eigenvalue weighted by Gasteiger charge is -2.42. The molecule has 0 aromatic heterocycles. The van der Waals surface area contributed by atoms with E-state index < -0.39 is 42.4 Å². The zero-order chi connectivity index (χ0) is 15.6. The smallest absolute Gasteiger partial charge is 0.306 e. The monoisotopic (exact) mass is 301 g/mol. The molecule has 7 nitrogen and oxygen atoms in total. The topological polar surface area (TPSA) is 96.3 Å². The highest BCUT2D eigenvalue weighted by Gasteiger charge is 2.51. The molecule has 7 heteroatoms. The quantitative estimate of drug-likeness (QED) is 0.672. The maximum atomic E-state index is 11.6. The molecular formula is C14H23NO6. The Kier molecular flexibility index (Phi) is 5.18. The molecule has 2 rings (SSSR count). The minimum Gasteiger partial charge on any atom is -0.461 e. The summed E-state index contributed by atoms with van der Waals surface area (Å²) < 4.78 is 10.4. The molecular weight excluding hydrogens is 278 g/mol. The molecule has 120 valence electrons. The molecule has 2 fully saturated rings. The molecule has 0 radical (unpaired) electrons. The Labute approximate surface area is 123 Å². The van der Waals surface area contributed by atoms with E-state index in [0.29, 0.717) is 25.9 Å². The normalized spacial score (nSPS) is 36.1. The molecule has 2 aliphatic heterocycles. The van der Waals surface area contributed by atoms with Crippen LogP contribution in [0.2, 0.25) is 0 Å². The highest BCUT2D eigenvalue weighted by atomic mass is 16.6. The van der Waals surface area contributed by atoms with Crippen molar-refractivity contribution >= 4 is 11.9 Å². The number of hydrogen-bond acceptors (Lipinski definition) is 7. The van der Waals surface area contributed by atoms with Crippen LogP contribution < -0.4 is 0 Å². The van der Waals surface area contributed by atoms with Crippen LogP contribution in [0.5, 0.6) is 0 Å². The van der Waals surface area contributed by atoms with Gasteiger partial charge in [-0.2, -0.15) is 0 Å². The second kappa shape index (κ2) is 6.72. The number of rotatable bonds is 4. The van der Waals surface area contributed by atoms with Crippen molar-refractivity contribution < 1.29 is 29.3 Å². The molecule has 21 heavy (non-hydrogen) atoms. The summed E-state index contributed by atoms with van der Waals surface area (Å²) in [5, 5.41) is 20.5. The number of carbonyl (C=O) groups excluding carboxylic acids is 2. The third-order valence-corrected chi connectivity index (χ3v) is 4.03. The third-order valence-electron chi connectivity index (χ3n) is 4.03. The minimum atomic E-state index is -1.07. The van der Waals surface area contributed by atoms with E-state index in [1.165, 1.54) is 6.92 Å². The van der Waals surface area contributed by atoms with Gasteiger partial charge in [-0.1, -0.05) is 6.92 Å². The first-order valence-corrected chi connectivity index (χ1v) is 7.41. The van der Waals surface area contributed by atoms with Gasteiger partial charge in [0.05, 0.1) is 6.04 Å². The van der Waals surface area contributed by atoms with Crippen molar-refractivity contribution in [2.75, 3.05) is 13.1 Å². The number of aliphatic hydroxyl groups excluding tert-OH is 2.